The molecule has 2 N–H and O–H groups in total. The summed E-state index contributed by atoms with van der Waals surface area (Å²) in [5, 5.41) is 22.3. The molecule has 230 valence electrons. The van der Waals surface area contributed by atoms with Crippen molar-refractivity contribution < 1.29 is 43.5 Å². The molecule has 1 saturated heterocycles. The molecule has 1 fully saturated rings. The van der Waals surface area contributed by atoms with Crippen molar-refractivity contribution in [1.82, 2.24) is 9.80 Å². The van der Waals surface area contributed by atoms with Gasteiger partial charge in [0, 0.05) is 62.5 Å². The van der Waals surface area contributed by atoms with E-state index in [2.05, 4.69) is 4.90 Å². The van der Waals surface area contributed by atoms with Crippen LogP contribution in [0.4, 0.5) is 0 Å². The van der Waals surface area contributed by atoms with Gasteiger partial charge in [0.1, 0.15) is 22.1 Å². The Morgan fingerprint density at radius 3 is 2.33 bits per heavy atom. The van der Waals surface area contributed by atoms with E-state index in [0.717, 1.165) is 0 Å². The third kappa shape index (κ3) is 4.94. The van der Waals surface area contributed by atoms with Crippen LogP contribution in [0.1, 0.15) is 41.6 Å². The first-order valence-electron chi connectivity index (χ1n) is 14.0. The Morgan fingerprint density at radius 2 is 1.70 bits per heavy atom. The Labute approximate surface area is 254 Å². The molecular formula is C31H35ClN2O9. The van der Waals surface area contributed by atoms with Crippen LogP contribution in [0.2, 0.25) is 5.02 Å². The second-order valence-electron chi connectivity index (χ2n) is 11.1. The number of phenols is 1. The van der Waals surface area contributed by atoms with E-state index in [9.17, 15) is 24.6 Å². The van der Waals surface area contributed by atoms with Crippen molar-refractivity contribution in [3.05, 3.63) is 51.7 Å². The third-order valence-corrected chi connectivity index (χ3v) is 9.06. The molecule has 2 aliphatic heterocycles. The summed E-state index contributed by atoms with van der Waals surface area (Å²) in [6.07, 6.45) is -0.323. The molecule has 2 aromatic carbocycles. The van der Waals surface area contributed by atoms with Crippen molar-refractivity contribution in [2.45, 2.75) is 31.3 Å². The lowest BCUT2D eigenvalue weighted by atomic mass is 9.69. The predicted molar refractivity (Wildman–Crippen MR) is 157 cm³/mol. The number of Topliss-reactive ketones (excluding diaryl/α,β-unsaturated/α-hetero) is 2. The molecule has 0 radical (unpaired) electrons. The van der Waals surface area contributed by atoms with E-state index in [0.29, 0.717) is 31.7 Å². The molecule has 1 aliphatic carbocycles. The Balaban J connectivity index is 1.67. The van der Waals surface area contributed by atoms with Gasteiger partial charge in [-0.25, -0.2) is 0 Å². The number of phenolic OH excluding ortho intramolecular Hbond substituents is 1. The van der Waals surface area contributed by atoms with Gasteiger partial charge in [-0.15, -0.1) is 0 Å². The lowest BCUT2D eigenvalue weighted by molar-refractivity contribution is -0.133. The number of rotatable bonds is 7. The molecule has 3 unspecified atom stereocenters. The molecule has 0 aromatic heterocycles. The largest absolute Gasteiger partial charge is 0.507 e. The number of ketones is 2. The summed E-state index contributed by atoms with van der Waals surface area (Å²) >= 11 is 6.57. The summed E-state index contributed by atoms with van der Waals surface area (Å²) < 4.78 is 22.4. The van der Waals surface area contributed by atoms with Crippen molar-refractivity contribution >= 4 is 29.1 Å². The number of carbonyl (C=O) groups excluding carboxylic acids is 3. The lowest BCUT2D eigenvalue weighted by Crippen LogP contribution is -2.53. The summed E-state index contributed by atoms with van der Waals surface area (Å²) in [6.45, 7) is 4.06. The normalized spacial score (nSPS) is 22.8. The first kappa shape index (κ1) is 30.5. The van der Waals surface area contributed by atoms with Crippen LogP contribution in [0, 0.1) is 5.92 Å². The number of hydrogen-bond acceptors (Lipinski definition) is 10. The van der Waals surface area contributed by atoms with Gasteiger partial charge in [-0.05, 0) is 24.7 Å². The molecule has 0 saturated carbocycles. The fraction of sp³-hybridized carbons (Fsp3) is 0.452. The molecule has 11 nitrogen and oxygen atoms in total. The number of aliphatic hydroxyl groups excluding tert-OH is 1. The zero-order valence-corrected chi connectivity index (χ0v) is 25.5. The number of aromatic hydroxyl groups is 1. The van der Waals surface area contributed by atoms with Gasteiger partial charge in [0.05, 0.1) is 21.3 Å². The van der Waals surface area contributed by atoms with E-state index < -0.39 is 34.8 Å². The number of hydrogen-bond donors (Lipinski definition) is 2. The number of fused-ring (bicyclic) bond motifs is 1. The Hall–Kier alpha value is -3.96. The zero-order chi connectivity index (χ0) is 31.2. The van der Waals surface area contributed by atoms with Crippen LogP contribution < -0.4 is 18.9 Å². The number of amides is 1. The van der Waals surface area contributed by atoms with Gasteiger partial charge < -0.3 is 39.0 Å². The average Bonchev–Trinajstić information content (AvgIpc) is 3.31. The minimum atomic E-state index is -2.00. The fourth-order valence-electron chi connectivity index (χ4n) is 6.20. The van der Waals surface area contributed by atoms with Crippen LogP contribution in [-0.4, -0.2) is 97.6 Å². The molecule has 3 aliphatic rings. The number of methoxy groups -OCH3 is 3. The maximum absolute atomic E-state index is 14.2. The van der Waals surface area contributed by atoms with Gasteiger partial charge in [-0.2, -0.15) is 0 Å². The van der Waals surface area contributed by atoms with Crippen molar-refractivity contribution in [3.63, 3.8) is 0 Å². The smallest absolute Gasteiger partial charge is 0.231 e. The fourth-order valence-corrected chi connectivity index (χ4v) is 6.46. The van der Waals surface area contributed by atoms with E-state index in [1.165, 1.54) is 39.5 Å². The van der Waals surface area contributed by atoms with E-state index in [-0.39, 0.29) is 63.7 Å². The number of ether oxygens (including phenoxy) is 4. The molecule has 43 heavy (non-hydrogen) atoms. The highest BCUT2D eigenvalue weighted by Crippen LogP contribution is 2.56. The van der Waals surface area contributed by atoms with Crippen molar-refractivity contribution in [1.29, 1.82) is 0 Å². The third-order valence-electron chi connectivity index (χ3n) is 8.70. The zero-order valence-electron chi connectivity index (χ0n) is 24.7. The highest BCUT2D eigenvalue weighted by atomic mass is 35.5. The summed E-state index contributed by atoms with van der Waals surface area (Å²) in [4.78, 5) is 45.5. The minimum absolute atomic E-state index is 0.0204. The SMILES string of the molecule is COc1cc(C(CC(=O)N2CCN(C)CC2)C2=C(O)C3(Oc4c(Cl)c(OC)cc(OC)c4C3=O)C(C)CC2=O)ccc1O. The Kier molecular flexibility index (Phi) is 8.24. The Morgan fingerprint density at radius 1 is 1.05 bits per heavy atom. The standard InChI is InChI=1S/C31H35ClN2O9/c1-16-12-20(36)25(29(38)31(16)30(39)26-22(41-4)15-23(42-5)27(32)28(26)43-31)18(17-6-7-19(35)21(13-17)40-3)14-24(37)34-10-8-33(2)9-11-34/h6-7,13,15-16,18,35,38H,8-12,14H2,1-5H3. The first-order chi connectivity index (χ1) is 20.5. The second kappa shape index (κ2) is 11.6. The molecule has 3 atom stereocenters. The number of allylic oxidation sites excluding steroid dienone is 1. The summed E-state index contributed by atoms with van der Waals surface area (Å²) in [7, 11) is 6.15. The molecule has 1 amide bonds. The van der Waals surface area contributed by atoms with Crippen LogP contribution in [0.15, 0.2) is 35.6 Å². The second-order valence-corrected chi connectivity index (χ2v) is 11.5. The van der Waals surface area contributed by atoms with Crippen LogP contribution in [0.5, 0.6) is 28.7 Å². The molecule has 12 heteroatoms. The van der Waals surface area contributed by atoms with Crippen LogP contribution >= 0.6 is 11.6 Å². The number of piperazine rings is 1. The summed E-state index contributed by atoms with van der Waals surface area (Å²) in [5.41, 5.74) is -1.64. The number of halogens is 1. The number of nitrogens with zero attached hydrogens (tertiary/aromatic N) is 2. The maximum atomic E-state index is 14.2. The molecule has 5 rings (SSSR count). The predicted octanol–water partition coefficient (Wildman–Crippen LogP) is 3.75. The molecule has 1 spiro atoms. The van der Waals surface area contributed by atoms with Gasteiger partial charge in [0.25, 0.3) is 0 Å². The number of carbonyl (C=O) groups is 3. The molecular weight excluding hydrogens is 580 g/mol. The van der Waals surface area contributed by atoms with Gasteiger partial charge in [-0.3, -0.25) is 14.4 Å². The minimum Gasteiger partial charge on any atom is -0.507 e. The monoisotopic (exact) mass is 614 g/mol. The van der Waals surface area contributed by atoms with E-state index in [1.54, 1.807) is 17.9 Å². The van der Waals surface area contributed by atoms with Gasteiger partial charge in [0.2, 0.25) is 17.3 Å². The maximum Gasteiger partial charge on any atom is 0.231 e. The average molecular weight is 615 g/mol. The lowest BCUT2D eigenvalue weighted by Gasteiger charge is -2.39. The van der Waals surface area contributed by atoms with Crippen LogP contribution in [0.25, 0.3) is 0 Å². The Bertz CT molecular complexity index is 1520. The quantitative estimate of drug-likeness (QED) is 0.475. The summed E-state index contributed by atoms with van der Waals surface area (Å²) in [5.74, 6) is -3.30. The summed E-state index contributed by atoms with van der Waals surface area (Å²) in [6, 6.07) is 5.94. The van der Waals surface area contributed by atoms with Crippen molar-refractivity contribution in [2.24, 2.45) is 5.92 Å². The molecule has 2 heterocycles. The van der Waals surface area contributed by atoms with Crippen molar-refractivity contribution in [2.75, 3.05) is 54.6 Å². The topological polar surface area (TPSA) is 135 Å². The van der Waals surface area contributed by atoms with Crippen LogP contribution in [0.3, 0.4) is 0 Å². The highest BCUT2D eigenvalue weighted by molar-refractivity contribution is 6.35. The van der Waals surface area contributed by atoms with Gasteiger partial charge >= 0.3 is 0 Å². The van der Waals surface area contributed by atoms with Crippen LogP contribution in [-0.2, 0) is 9.59 Å². The number of aliphatic hydroxyl groups is 1. The number of benzene rings is 2. The number of likely N-dealkylation sites (N-methyl/N-ethyl adjacent to an activating group) is 1. The van der Waals surface area contributed by atoms with Gasteiger partial charge in [0.15, 0.2) is 28.8 Å². The van der Waals surface area contributed by atoms with E-state index in [1.807, 2.05) is 7.05 Å². The highest BCUT2D eigenvalue weighted by Gasteiger charge is 2.61. The molecule has 0 bridgehead atoms. The van der Waals surface area contributed by atoms with E-state index >= 15 is 0 Å². The van der Waals surface area contributed by atoms with E-state index in [4.69, 9.17) is 30.5 Å². The van der Waals surface area contributed by atoms with Crippen molar-refractivity contribution in [3.8, 4) is 28.7 Å². The molecule has 2 aromatic rings. The first-order valence-corrected chi connectivity index (χ1v) is 14.3. The van der Waals surface area contributed by atoms with Gasteiger partial charge in [-0.1, -0.05) is 24.6 Å².